The Bertz CT molecular complexity index is 343. The van der Waals surface area contributed by atoms with E-state index < -0.39 is 0 Å². The lowest BCUT2D eigenvalue weighted by Crippen LogP contribution is -2.21. The van der Waals surface area contributed by atoms with E-state index in [1.165, 1.54) is 0 Å². The Balaban J connectivity index is 2.46. The molecule has 0 fully saturated rings. The van der Waals surface area contributed by atoms with Gasteiger partial charge in [0.2, 0.25) is 0 Å². The fourth-order valence-corrected chi connectivity index (χ4v) is 1.99. The number of nitrogens with zero attached hydrogens (tertiary/aromatic N) is 3. The molecule has 0 spiro atoms. The van der Waals surface area contributed by atoms with Crippen LogP contribution in [0.4, 0.5) is 0 Å². The SMILES string of the molecule is CC(C)c1nnc2n1C(C=O)CCC2. The van der Waals surface area contributed by atoms with Crippen molar-refractivity contribution < 1.29 is 4.79 Å². The molecule has 0 aliphatic carbocycles. The van der Waals surface area contributed by atoms with Crippen molar-refractivity contribution in [1.82, 2.24) is 14.8 Å². The van der Waals surface area contributed by atoms with Gasteiger partial charge in [0.15, 0.2) is 0 Å². The predicted octanol–water partition coefficient (Wildman–Crippen LogP) is 1.48. The van der Waals surface area contributed by atoms with E-state index in [1.807, 2.05) is 4.57 Å². The molecule has 4 nitrogen and oxygen atoms in total. The van der Waals surface area contributed by atoms with E-state index in [0.717, 1.165) is 37.2 Å². The van der Waals surface area contributed by atoms with Crippen molar-refractivity contribution in [3.8, 4) is 0 Å². The highest BCUT2D eigenvalue weighted by Gasteiger charge is 2.24. The highest BCUT2D eigenvalue weighted by Crippen LogP contribution is 2.26. The second kappa shape index (κ2) is 3.52. The van der Waals surface area contributed by atoms with Crippen LogP contribution < -0.4 is 0 Å². The molecule has 0 aromatic carbocycles. The Labute approximate surface area is 83.3 Å². The van der Waals surface area contributed by atoms with Crippen LogP contribution in [-0.4, -0.2) is 21.1 Å². The summed E-state index contributed by atoms with van der Waals surface area (Å²) < 4.78 is 2.02. The molecule has 14 heavy (non-hydrogen) atoms. The van der Waals surface area contributed by atoms with Crippen molar-refractivity contribution >= 4 is 6.29 Å². The molecule has 0 saturated carbocycles. The summed E-state index contributed by atoms with van der Waals surface area (Å²) in [7, 11) is 0. The Morgan fingerprint density at radius 1 is 1.50 bits per heavy atom. The van der Waals surface area contributed by atoms with Crippen molar-refractivity contribution in [2.24, 2.45) is 0 Å². The number of rotatable bonds is 2. The van der Waals surface area contributed by atoms with Crippen LogP contribution >= 0.6 is 0 Å². The third-order valence-electron chi connectivity index (χ3n) is 2.70. The number of hydrogen-bond acceptors (Lipinski definition) is 3. The van der Waals surface area contributed by atoms with E-state index in [2.05, 4.69) is 24.0 Å². The Kier molecular flexibility index (Phi) is 2.35. The molecule has 1 aromatic rings. The van der Waals surface area contributed by atoms with E-state index in [4.69, 9.17) is 0 Å². The molecule has 1 aromatic heterocycles. The summed E-state index contributed by atoms with van der Waals surface area (Å²) in [4.78, 5) is 10.9. The van der Waals surface area contributed by atoms with Gasteiger partial charge in [-0.3, -0.25) is 0 Å². The van der Waals surface area contributed by atoms with Gasteiger partial charge in [0, 0.05) is 12.3 Å². The molecule has 0 radical (unpaired) electrons. The second-order valence-corrected chi connectivity index (χ2v) is 4.09. The van der Waals surface area contributed by atoms with E-state index in [0.29, 0.717) is 5.92 Å². The molecular weight excluding hydrogens is 178 g/mol. The first-order valence-electron chi connectivity index (χ1n) is 5.13. The van der Waals surface area contributed by atoms with Gasteiger partial charge in [0.05, 0.1) is 6.04 Å². The highest BCUT2D eigenvalue weighted by atomic mass is 16.1. The van der Waals surface area contributed by atoms with Gasteiger partial charge < -0.3 is 9.36 Å². The van der Waals surface area contributed by atoms with Gasteiger partial charge in [-0.25, -0.2) is 0 Å². The van der Waals surface area contributed by atoms with Crippen molar-refractivity contribution in [1.29, 1.82) is 0 Å². The molecule has 0 amide bonds. The fourth-order valence-electron chi connectivity index (χ4n) is 1.99. The van der Waals surface area contributed by atoms with Crippen molar-refractivity contribution in [3.63, 3.8) is 0 Å². The number of carbonyl (C=O) groups excluding carboxylic acids is 1. The third-order valence-corrected chi connectivity index (χ3v) is 2.70. The average molecular weight is 193 g/mol. The first-order chi connectivity index (χ1) is 6.74. The molecule has 2 heterocycles. The molecule has 1 atom stereocenters. The minimum Gasteiger partial charge on any atom is -0.304 e. The van der Waals surface area contributed by atoms with Gasteiger partial charge in [-0.15, -0.1) is 10.2 Å². The Morgan fingerprint density at radius 3 is 2.93 bits per heavy atom. The normalized spacial score (nSPS) is 20.9. The van der Waals surface area contributed by atoms with Crippen molar-refractivity contribution in [2.45, 2.75) is 45.1 Å². The molecule has 0 bridgehead atoms. The number of fused-ring (bicyclic) bond motifs is 1. The van der Waals surface area contributed by atoms with Gasteiger partial charge in [-0.2, -0.15) is 0 Å². The monoisotopic (exact) mass is 193 g/mol. The Hall–Kier alpha value is -1.19. The maximum atomic E-state index is 10.9. The zero-order chi connectivity index (χ0) is 10.1. The van der Waals surface area contributed by atoms with Crippen LogP contribution in [0, 0.1) is 0 Å². The van der Waals surface area contributed by atoms with E-state index >= 15 is 0 Å². The quantitative estimate of drug-likeness (QED) is 0.668. The second-order valence-electron chi connectivity index (χ2n) is 4.09. The molecule has 4 heteroatoms. The van der Waals surface area contributed by atoms with Gasteiger partial charge >= 0.3 is 0 Å². The molecule has 2 rings (SSSR count). The summed E-state index contributed by atoms with van der Waals surface area (Å²) in [5.74, 6) is 2.24. The third kappa shape index (κ3) is 1.35. The van der Waals surface area contributed by atoms with Gasteiger partial charge in [0.25, 0.3) is 0 Å². The number of aromatic nitrogens is 3. The lowest BCUT2D eigenvalue weighted by molar-refractivity contribution is -0.111. The van der Waals surface area contributed by atoms with Gasteiger partial charge in [-0.1, -0.05) is 13.8 Å². The number of aryl methyl sites for hydroxylation is 1. The lowest BCUT2D eigenvalue weighted by Gasteiger charge is -2.22. The molecule has 0 saturated heterocycles. The molecule has 1 aliphatic rings. The van der Waals surface area contributed by atoms with Crippen molar-refractivity contribution in [3.05, 3.63) is 11.6 Å². The maximum Gasteiger partial charge on any atom is 0.142 e. The minimum absolute atomic E-state index is 0.0360. The Morgan fingerprint density at radius 2 is 2.29 bits per heavy atom. The highest BCUT2D eigenvalue weighted by molar-refractivity contribution is 5.56. The topological polar surface area (TPSA) is 47.8 Å². The zero-order valence-corrected chi connectivity index (χ0v) is 8.60. The first kappa shape index (κ1) is 9.37. The van der Waals surface area contributed by atoms with Gasteiger partial charge in [0.1, 0.15) is 17.9 Å². The largest absolute Gasteiger partial charge is 0.304 e. The van der Waals surface area contributed by atoms with Gasteiger partial charge in [-0.05, 0) is 12.8 Å². The molecule has 1 aliphatic heterocycles. The molecule has 0 N–H and O–H groups in total. The molecular formula is C10H15N3O. The first-order valence-corrected chi connectivity index (χ1v) is 5.13. The zero-order valence-electron chi connectivity index (χ0n) is 8.60. The minimum atomic E-state index is -0.0360. The van der Waals surface area contributed by atoms with Crippen LogP contribution in [0.2, 0.25) is 0 Å². The number of aldehydes is 1. The van der Waals surface area contributed by atoms with Crippen LogP contribution in [-0.2, 0) is 11.2 Å². The molecule has 76 valence electrons. The number of hydrogen-bond donors (Lipinski definition) is 0. The van der Waals surface area contributed by atoms with Crippen molar-refractivity contribution in [2.75, 3.05) is 0 Å². The fraction of sp³-hybridized carbons (Fsp3) is 0.700. The summed E-state index contributed by atoms with van der Waals surface area (Å²) in [5.41, 5.74) is 0. The van der Waals surface area contributed by atoms with Crippen LogP contribution in [0.1, 0.15) is 50.3 Å². The van der Waals surface area contributed by atoms with E-state index in [9.17, 15) is 4.79 Å². The van der Waals surface area contributed by atoms with Crippen LogP contribution in [0.15, 0.2) is 0 Å². The molecule has 1 unspecified atom stereocenters. The maximum absolute atomic E-state index is 10.9. The van der Waals surface area contributed by atoms with Crippen LogP contribution in [0.25, 0.3) is 0 Å². The summed E-state index contributed by atoms with van der Waals surface area (Å²) in [6.45, 7) is 4.15. The van der Waals surface area contributed by atoms with Crippen LogP contribution in [0.3, 0.4) is 0 Å². The van der Waals surface area contributed by atoms with E-state index in [-0.39, 0.29) is 6.04 Å². The summed E-state index contributed by atoms with van der Waals surface area (Å²) in [6, 6.07) is -0.0360. The number of carbonyl (C=O) groups is 1. The summed E-state index contributed by atoms with van der Waals surface area (Å²) in [6.07, 6.45) is 3.93. The summed E-state index contributed by atoms with van der Waals surface area (Å²) >= 11 is 0. The van der Waals surface area contributed by atoms with Crippen LogP contribution in [0.5, 0.6) is 0 Å². The average Bonchev–Trinajstić information content (AvgIpc) is 2.60. The predicted molar refractivity (Wildman–Crippen MR) is 52.2 cm³/mol. The standard InChI is InChI=1S/C10H15N3O/c1-7(2)10-12-11-9-5-3-4-8(6-14)13(9)10/h6-8H,3-5H2,1-2H3. The summed E-state index contributed by atoms with van der Waals surface area (Å²) in [5, 5.41) is 8.28. The van der Waals surface area contributed by atoms with E-state index in [1.54, 1.807) is 0 Å². The lowest BCUT2D eigenvalue weighted by atomic mass is 10.0. The smallest absolute Gasteiger partial charge is 0.142 e.